The highest BCUT2D eigenvalue weighted by Crippen LogP contribution is 2.11. The van der Waals surface area contributed by atoms with Crippen molar-refractivity contribution < 1.29 is 0 Å². The van der Waals surface area contributed by atoms with Gasteiger partial charge in [-0.15, -0.1) is 0 Å². The Morgan fingerprint density at radius 2 is 1.57 bits per heavy atom. The predicted molar refractivity (Wildman–Crippen MR) is 64.2 cm³/mol. The van der Waals surface area contributed by atoms with Gasteiger partial charge in [0.1, 0.15) is 0 Å². The molecule has 2 aliphatic rings. The van der Waals surface area contributed by atoms with Crippen molar-refractivity contribution in [3.05, 3.63) is 60.8 Å². The minimum Gasteiger partial charge on any atom is -0.0988 e. The lowest BCUT2D eigenvalue weighted by Crippen LogP contribution is -1.80. The van der Waals surface area contributed by atoms with Crippen molar-refractivity contribution in [3.63, 3.8) is 0 Å². The summed E-state index contributed by atoms with van der Waals surface area (Å²) < 4.78 is 0. The van der Waals surface area contributed by atoms with E-state index in [-0.39, 0.29) is 0 Å². The molecular formula is C14H18. The second kappa shape index (κ2) is 7.14. The fraction of sp³-hybridized carbons (Fsp3) is 0.286. The normalized spacial score (nSPS) is 18.1. The van der Waals surface area contributed by atoms with Crippen molar-refractivity contribution in [3.8, 4) is 0 Å². The van der Waals surface area contributed by atoms with Gasteiger partial charge in [0, 0.05) is 0 Å². The van der Waals surface area contributed by atoms with E-state index in [4.69, 9.17) is 0 Å². The van der Waals surface area contributed by atoms with Crippen LogP contribution in [0, 0.1) is 0 Å². The molecule has 14 heavy (non-hydrogen) atoms. The summed E-state index contributed by atoms with van der Waals surface area (Å²) >= 11 is 0. The molecule has 0 spiro atoms. The van der Waals surface area contributed by atoms with Crippen LogP contribution < -0.4 is 0 Å². The summed E-state index contributed by atoms with van der Waals surface area (Å²) in [6.45, 7) is 3.68. The SMILES string of the molecule is C1=CCCC=C1.C=CC1=CC=CCC1. The first-order valence-corrected chi connectivity index (χ1v) is 5.23. The molecule has 0 heterocycles. The highest BCUT2D eigenvalue weighted by molar-refractivity contribution is 5.25. The molecule has 0 heteroatoms. The van der Waals surface area contributed by atoms with Crippen LogP contribution in [0.1, 0.15) is 25.7 Å². The summed E-state index contributed by atoms with van der Waals surface area (Å²) in [6, 6.07) is 0. The summed E-state index contributed by atoms with van der Waals surface area (Å²) in [5.41, 5.74) is 1.35. The van der Waals surface area contributed by atoms with Gasteiger partial charge in [0.05, 0.1) is 0 Å². The van der Waals surface area contributed by atoms with Crippen LogP contribution in [-0.4, -0.2) is 0 Å². The first-order valence-electron chi connectivity index (χ1n) is 5.23. The van der Waals surface area contributed by atoms with E-state index in [0.29, 0.717) is 0 Å². The number of allylic oxidation sites excluding steroid dienone is 9. The second-order valence-corrected chi connectivity index (χ2v) is 3.35. The third kappa shape index (κ3) is 4.66. The zero-order valence-corrected chi connectivity index (χ0v) is 8.65. The largest absolute Gasteiger partial charge is 0.0988 e. The molecule has 0 N–H and O–H groups in total. The van der Waals surface area contributed by atoms with E-state index < -0.39 is 0 Å². The molecule has 0 aliphatic heterocycles. The first kappa shape index (κ1) is 10.8. The van der Waals surface area contributed by atoms with Gasteiger partial charge < -0.3 is 0 Å². The standard InChI is InChI=1S/C8H10.C6H8/c1-2-8-6-4-3-5-7-8;1-2-4-6-5-3-1/h2-4,6H,1,5,7H2;1-4H,5-6H2. The smallest absolute Gasteiger partial charge is 0.0244 e. The molecule has 0 fully saturated rings. The average Bonchev–Trinajstić information content (AvgIpc) is 2.33. The minimum atomic E-state index is 1.17. The Labute approximate surface area is 87.0 Å². The van der Waals surface area contributed by atoms with Gasteiger partial charge in [0.15, 0.2) is 0 Å². The second-order valence-electron chi connectivity index (χ2n) is 3.35. The van der Waals surface area contributed by atoms with E-state index in [1.165, 1.54) is 31.3 Å². The highest BCUT2D eigenvalue weighted by atomic mass is 14.0. The first-order chi connectivity index (χ1) is 6.93. The molecular weight excluding hydrogens is 168 g/mol. The Kier molecular flexibility index (Phi) is 5.49. The molecule has 0 aromatic rings. The molecule has 0 aromatic carbocycles. The van der Waals surface area contributed by atoms with E-state index in [0.717, 1.165) is 0 Å². The molecule has 0 amide bonds. The molecule has 0 radical (unpaired) electrons. The van der Waals surface area contributed by atoms with Gasteiger partial charge >= 0.3 is 0 Å². The number of hydrogen-bond acceptors (Lipinski definition) is 0. The van der Waals surface area contributed by atoms with Crippen LogP contribution in [0.2, 0.25) is 0 Å². The average molecular weight is 186 g/mol. The maximum Gasteiger partial charge on any atom is -0.0244 e. The van der Waals surface area contributed by atoms with Crippen molar-refractivity contribution in [1.29, 1.82) is 0 Å². The van der Waals surface area contributed by atoms with Crippen LogP contribution >= 0.6 is 0 Å². The Hall–Kier alpha value is -1.30. The highest BCUT2D eigenvalue weighted by Gasteiger charge is 1.91. The van der Waals surface area contributed by atoms with Crippen LogP contribution in [0.5, 0.6) is 0 Å². The van der Waals surface area contributed by atoms with Crippen LogP contribution in [0.4, 0.5) is 0 Å². The molecule has 0 atom stereocenters. The third-order valence-electron chi connectivity index (χ3n) is 2.19. The number of hydrogen-bond donors (Lipinski definition) is 0. The van der Waals surface area contributed by atoms with Gasteiger partial charge in [-0.05, 0) is 31.3 Å². The van der Waals surface area contributed by atoms with Crippen LogP contribution in [0.3, 0.4) is 0 Å². The molecule has 0 aromatic heterocycles. The predicted octanol–water partition coefficient (Wildman–Crippen LogP) is 4.34. The Balaban J connectivity index is 0.000000146. The molecule has 2 aliphatic carbocycles. The maximum absolute atomic E-state index is 3.68. The Morgan fingerprint density at radius 3 is 1.86 bits per heavy atom. The van der Waals surface area contributed by atoms with E-state index in [1.54, 1.807) is 0 Å². The van der Waals surface area contributed by atoms with E-state index in [9.17, 15) is 0 Å². The quantitative estimate of drug-likeness (QED) is 0.571. The Bertz CT molecular complexity index is 262. The summed E-state index contributed by atoms with van der Waals surface area (Å²) in [4.78, 5) is 0. The fourth-order valence-electron chi connectivity index (χ4n) is 1.33. The summed E-state index contributed by atoms with van der Waals surface area (Å²) in [6.07, 6.45) is 21.6. The summed E-state index contributed by atoms with van der Waals surface area (Å²) in [7, 11) is 0. The summed E-state index contributed by atoms with van der Waals surface area (Å²) in [5.74, 6) is 0. The van der Waals surface area contributed by atoms with Gasteiger partial charge in [-0.1, -0.05) is 55.2 Å². The molecule has 2 rings (SSSR count). The molecule has 0 unspecified atom stereocenters. The van der Waals surface area contributed by atoms with Crippen molar-refractivity contribution >= 4 is 0 Å². The molecule has 74 valence electrons. The van der Waals surface area contributed by atoms with Crippen LogP contribution in [0.25, 0.3) is 0 Å². The van der Waals surface area contributed by atoms with Crippen molar-refractivity contribution in [1.82, 2.24) is 0 Å². The van der Waals surface area contributed by atoms with Crippen molar-refractivity contribution in [2.75, 3.05) is 0 Å². The van der Waals surface area contributed by atoms with Crippen molar-refractivity contribution in [2.24, 2.45) is 0 Å². The lowest BCUT2D eigenvalue weighted by molar-refractivity contribution is 0.992. The molecule has 0 nitrogen and oxygen atoms in total. The third-order valence-corrected chi connectivity index (χ3v) is 2.19. The topological polar surface area (TPSA) is 0 Å². The van der Waals surface area contributed by atoms with Gasteiger partial charge in [0.25, 0.3) is 0 Å². The summed E-state index contributed by atoms with van der Waals surface area (Å²) in [5, 5.41) is 0. The van der Waals surface area contributed by atoms with Gasteiger partial charge in [-0.25, -0.2) is 0 Å². The zero-order valence-electron chi connectivity index (χ0n) is 8.65. The monoisotopic (exact) mass is 186 g/mol. The van der Waals surface area contributed by atoms with E-state index in [2.05, 4.69) is 49.1 Å². The lowest BCUT2D eigenvalue weighted by atomic mass is 10.1. The van der Waals surface area contributed by atoms with E-state index >= 15 is 0 Å². The van der Waals surface area contributed by atoms with Gasteiger partial charge in [-0.2, -0.15) is 0 Å². The Morgan fingerprint density at radius 1 is 0.929 bits per heavy atom. The van der Waals surface area contributed by atoms with Gasteiger partial charge in [-0.3, -0.25) is 0 Å². The maximum atomic E-state index is 3.68. The van der Waals surface area contributed by atoms with Crippen molar-refractivity contribution in [2.45, 2.75) is 25.7 Å². The zero-order chi connectivity index (χ0) is 10.1. The molecule has 0 saturated carbocycles. The van der Waals surface area contributed by atoms with E-state index in [1.807, 2.05) is 6.08 Å². The lowest BCUT2D eigenvalue weighted by Gasteiger charge is -2.00. The number of rotatable bonds is 1. The van der Waals surface area contributed by atoms with Crippen LogP contribution in [-0.2, 0) is 0 Å². The minimum absolute atomic E-state index is 1.17. The van der Waals surface area contributed by atoms with Gasteiger partial charge in [0.2, 0.25) is 0 Å². The molecule has 0 bridgehead atoms. The molecule has 0 saturated heterocycles. The fourth-order valence-corrected chi connectivity index (χ4v) is 1.33. The van der Waals surface area contributed by atoms with Crippen LogP contribution in [0.15, 0.2) is 60.8 Å².